The Kier molecular flexibility index (Phi) is 8.10. The molecular formula is C25H28BFO4. The zero-order valence-corrected chi connectivity index (χ0v) is 17.8. The Morgan fingerprint density at radius 3 is 2.77 bits per heavy atom. The molecule has 1 aliphatic rings. The maximum absolute atomic E-state index is 13.6. The molecule has 4 nitrogen and oxygen atoms in total. The minimum absolute atomic E-state index is 0.290. The number of rotatable bonds is 9. The van der Waals surface area contributed by atoms with Gasteiger partial charge in [-0.05, 0) is 60.2 Å². The number of phenolic OH excluding ortho intramolecular Hbond substituents is 1. The number of ether oxygens (including phenoxy) is 1. The van der Waals surface area contributed by atoms with Crippen molar-refractivity contribution in [3.05, 3.63) is 89.3 Å². The number of halogens is 1. The van der Waals surface area contributed by atoms with Crippen molar-refractivity contribution in [3.63, 3.8) is 0 Å². The van der Waals surface area contributed by atoms with E-state index in [1.807, 2.05) is 49.4 Å². The lowest BCUT2D eigenvalue weighted by molar-refractivity contribution is 0.181. The number of aromatic hydroxyl groups is 1. The Morgan fingerprint density at radius 1 is 1.29 bits per heavy atom. The molecule has 0 aliphatic carbocycles. The van der Waals surface area contributed by atoms with Gasteiger partial charge in [0.05, 0.1) is 6.10 Å². The van der Waals surface area contributed by atoms with E-state index in [0.717, 1.165) is 35.3 Å². The molecule has 2 N–H and O–H groups in total. The van der Waals surface area contributed by atoms with Gasteiger partial charge in [-0.15, -0.1) is 0 Å². The van der Waals surface area contributed by atoms with Crippen molar-refractivity contribution in [1.82, 2.24) is 0 Å². The largest absolute Gasteiger partial charge is 0.505 e. The van der Waals surface area contributed by atoms with Crippen LogP contribution in [0.4, 0.5) is 4.39 Å². The topological polar surface area (TPSA) is 58.9 Å². The summed E-state index contributed by atoms with van der Waals surface area (Å²) in [5.41, 5.74) is 3.60. The molecule has 31 heavy (non-hydrogen) atoms. The zero-order valence-electron chi connectivity index (χ0n) is 17.8. The molecule has 0 amide bonds. The molecule has 1 unspecified atom stereocenters. The molecule has 0 saturated heterocycles. The highest BCUT2D eigenvalue weighted by Crippen LogP contribution is 2.29. The second kappa shape index (κ2) is 11.0. The van der Waals surface area contributed by atoms with Crippen LogP contribution in [0.25, 0.3) is 6.08 Å². The molecule has 1 heterocycles. The molecule has 2 aromatic carbocycles. The minimum atomic E-state index is -0.836. The Bertz CT molecular complexity index is 955. The van der Waals surface area contributed by atoms with Crippen LogP contribution in [-0.4, -0.2) is 30.0 Å². The molecule has 0 aromatic heterocycles. The minimum Gasteiger partial charge on any atom is -0.505 e. The zero-order chi connectivity index (χ0) is 22.2. The number of para-hydroxylation sites is 1. The molecule has 162 valence electrons. The van der Waals surface area contributed by atoms with Crippen LogP contribution >= 0.6 is 0 Å². The molecule has 6 heteroatoms. The maximum atomic E-state index is 13.6. The van der Waals surface area contributed by atoms with E-state index in [4.69, 9.17) is 9.39 Å². The molecule has 3 rings (SSSR count). The van der Waals surface area contributed by atoms with E-state index in [1.54, 1.807) is 6.07 Å². The molecule has 2 aromatic rings. The summed E-state index contributed by atoms with van der Waals surface area (Å²) in [5.74, 6) is -0.219. The third-order valence-corrected chi connectivity index (χ3v) is 5.30. The maximum Gasteiger partial charge on any atom is 0.458 e. The molecule has 0 fully saturated rings. The van der Waals surface area contributed by atoms with E-state index < -0.39 is 12.9 Å². The first-order valence-electron chi connectivity index (χ1n) is 10.5. The van der Waals surface area contributed by atoms with Gasteiger partial charge in [0.2, 0.25) is 0 Å². The summed E-state index contributed by atoms with van der Waals surface area (Å²) in [5, 5.41) is 19.4. The molecule has 1 atom stereocenters. The summed E-state index contributed by atoms with van der Waals surface area (Å²) < 4.78 is 25.3. The van der Waals surface area contributed by atoms with Crippen LogP contribution in [0.3, 0.4) is 0 Å². The first-order chi connectivity index (χ1) is 15.0. The van der Waals surface area contributed by atoms with E-state index in [-0.39, 0.29) is 11.9 Å². The van der Waals surface area contributed by atoms with Crippen molar-refractivity contribution in [1.29, 1.82) is 0 Å². The van der Waals surface area contributed by atoms with Crippen molar-refractivity contribution in [3.8, 4) is 11.5 Å². The van der Waals surface area contributed by atoms with Gasteiger partial charge in [0.1, 0.15) is 12.4 Å². The van der Waals surface area contributed by atoms with Crippen LogP contribution in [0.15, 0.2) is 77.9 Å². The molecule has 0 bridgehead atoms. The molecule has 1 aliphatic heterocycles. The lowest BCUT2D eigenvalue weighted by Gasteiger charge is -2.28. The monoisotopic (exact) mass is 422 g/mol. The molecular weight excluding hydrogens is 394 g/mol. The summed E-state index contributed by atoms with van der Waals surface area (Å²) >= 11 is 0. The van der Waals surface area contributed by atoms with Crippen molar-refractivity contribution in [2.75, 3.05) is 6.61 Å². The van der Waals surface area contributed by atoms with Crippen molar-refractivity contribution in [2.24, 2.45) is 0 Å². The van der Waals surface area contributed by atoms with Gasteiger partial charge in [-0.2, -0.15) is 0 Å². The van der Waals surface area contributed by atoms with Gasteiger partial charge < -0.3 is 19.5 Å². The van der Waals surface area contributed by atoms with Crippen molar-refractivity contribution < 1.29 is 23.9 Å². The third kappa shape index (κ3) is 6.58. The van der Waals surface area contributed by atoms with Gasteiger partial charge in [-0.3, -0.25) is 0 Å². The lowest BCUT2D eigenvalue weighted by atomic mass is 9.78. The Morgan fingerprint density at radius 2 is 2.06 bits per heavy atom. The van der Waals surface area contributed by atoms with Crippen molar-refractivity contribution in [2.45, 2.75) is 38.6 Å². The fourth-order valence-corrected chi connectivity index (χ4v) is 3.56. The highest BCUT2D eigenvalue weighted by atomic mass is 19.1. The summed E-state index contributed by atoms with van der Waals surface area (Å²) in [6.45, 7) is 6.55. The van der Waals surface area contributed by atoms with Gasteiger partial charge in [-0.1, -0.05) is 55.5 Å². The lowest BCUT2D eigenvalue weighted by Crippen LogP contribution is -2.32. The predicted molar refractivity (Wildman–Crippen MR) is 122 cm³/mol. The van der Waals surface area contributed by atoms with E-state index in [0.29, 0.717) is 24.9 Å². The van der Waals surface area contributed by atoms with Crippen LogP contribution in [0.2, 0.25) is 6.32 Å². The second-order valence-corrected chi connectivity index (χ2v) is 7.59. The summed E-state index contributed by atoms with van der Waals surface area (Å²) in [4.78, 5) is 0. The average molecular weight is 422 g/mol. The number of allylic oxidation sites excluding steroid dienone is 2. The highest BCUT2D eigenvalue weighted by Gasteiger charge is 2.28. The smallest absolute Gasteiger partial charge is 0.458 e. The summed E-state index contributed by atoms with van der Waals surface area (Å²) in [7, 11) is -0.836. The van der Waals surface area contributed by atoms with Crippen LogP contribution in [0, 0.1) is 5.82 Å². The van der Waals surface area contributed by atoms with Gasteiger partial charge in [0.15, 0.2) is 11.6 Å². The van der Waals surface area contributed by atoms with E-state index >= 15 is 0 Å². The van der Waals surface area contributed by atoms with E-state index in [9.17, 15) is 14.5 Å². The van der Waals surface area contributed by atoms with Crippen LogP contribution in [0.1, 0.15) is 31.7 Å². The summed E-state index contributed by atoms with van der Waals surface area (Å²) in [6.07, 6.45) is 6.21. The number of hydrogen-bond donors (Lipinski definition) is 2. The second-order valence-electron chi connectivity index (χ2n) is 7.59. The normalized spacial score (nSPS) is 16.7. The number of phenols is 1. The van der Waals surface area contributed by atoms with Crippen molar-refractivity contribution >= 4 is 13.2 Å². The van der Waals surface area contributed by atoms with Crippen LogP contribution < -0.4 is 4.74 Å². The summed E-state index contributed by atoms with van der Waals surface area (Å²) in [6, 6.07) is 13.9. The van der Waals surface area contributed by atoms with E-state index in [1.165, 1.54) is 12.1 Å². The van der Waals surface area contributed by atoms with Gasteiger partial charge in [0.25, 0.3) is 0 Å². The molecule has 0 spiro atoms. The number of benzene rings is 2. The first kappa shape index (κ1) is 22.9. The van der Waals surface area contributed by atoms with Gasteiger partial charge >= 0.3 is 7.12 Å². The number of hydrogen-bond acceptors (Lipinski definition) is 4. The molecule has 0 radical (unpaired) electrons. The quantitative estimate of drug-likeness (QED) is 0.521. The Labute approximate surface area is 183 Å². The SMILES string of the molecule is C=C(COc1ccccc1)C1=CCB(O)OC1CC/C(=C/c1ccc(O)c(F)c1)CC. The average Bonchev–Trinajstić information content (AvgIpc) is 2.78. The van der Waals surface area contributed by atoms with E-state index in [2.05, 4.69) is 6.58 Å². The van der Waals surface area contributed by atoms with Gasteiger partial charge in [0, 0.05) is 6.32 Å². The first-order valence-corrected chi connectivity index (χ1v) is 10.5. The fraction of sp³-hybridized carbons (Fsp3) is 0.280. The predicted octanol–water partition coefficient (Wildman–Crippen LogP) is 5.55. The van der Waals surface area contributed by atoms with Crippen LogP contribution in [-0.2, 0) is 4.65 Å². The molecule has 0 saturated carbocycles. The Hall–Kier alpha value is -2.83. The fourth-order valence-electron chi connectivity index (χ4n) is 3.56. The van der Waals surface area contributed by atoms with Crippen LogP contribution in [0.5, 0.6) is 11.5 Å². The van der Waals surface area contributed by atoms with Gasteiger partial charge in [-0.25, -0.2) is 4.39 Å². The highest BCUT2D eigenvalue weighted by molar-refractivity contribution is 6.43. The Balaban J connectivity index is 1.65. The third-order valence-electron chi connectivity index (χ3n) is 5.30. The standard InChI is InChI=1S/C25H28BFO4/c1-3-19(15-20-9-11-24(28)23(27)16-20)10-12-25-22(13-14-26(29)31-25)18(2)17-30-21-7-5-4-6-8-21/h4-9,11,13,15-16,25,28-29H,2-3,10,12,14,17H2,1H3/b19-15+.